The van der Waals surface area contributed by atoms with Crippen molar-refractivity contribution in [2.75, 3.05) is 14.2 Å². The maximum absolute atomic E-state index is 14.5. The van der Waals surface area contributed by atoms with Gasteiger partial charge in [-0.15, -0.1) is 0 Å². The number of ether oxygens (including phenoxy) is 3. The topological polar surface area (TPSA) is 102 Å². The Bertz CT molecular complexity index is 1170. The molecule has 0 spiro atoms. The van der Waals surface area contributed by atoms with Gasteiger partial charge in [-0.2, -0.15) is 13.2 Å². The number of halogens is 3. The molecule has 10 heteroatoms. The van der Waals surface area contributed by atoms with E-state index in [-0.39, 0.29) is 30.1 Å². The summed E-state index contributed by atoms with van der Waals surface area (Å²) >= 11 is 0. The molecule has 1 aromatic carbocycles. The van der Waals surface area contributed by atoms with Crippen LogP contribution in [0.4, 0.5) is 13.2 Å². The van der Waals surface area contributed by atoms with Gasteiger partial charge in [0.1, 0.15) is 6.10 Å². The number of esters is 2. The van der Waals surface area contributed by atoms with E-state index >= 15 is 0 Å². The zero-order valence-corrected chi connectivity index (χ0v) is 28.1. The highest BCUT2D eigenvalue weighted by atomic mass is 19.4. The van der Waals surface area contributed by atoms with Crippen LogP contribution in [0.3, 0.4) is 0 Å². The molecule has 0 radical (unpaired) electrons. The van der Waals surface area contributed by atoms with Gasteiger partial charge in [-0.25, -0.2) is 4.79 Å². The molecule has 2 aliphatic rings. The number of fused-ring (bicyclic) bond motifs is 1. The lowest BCUT2D eigenvalue weighted by Crippen LogP contribution is -2.63. The summed E-state index contributed by atoms with van der Waals surface area (Å²) in [6.07, 6.45) is -1.11. The van der Waals surface area contributed by atoms with Crippen molar-refractivity contribution in [3.63, 3.8) is 0 Å². The van der Waals surface area contributed by atoms with E-state index in [2.05, 4.69) is 27.7 Å². The van der Waals surface area contributed by atoms with Gasteiger partial charge < -0.3 is 24.4 Å². The summed E-state index contributed by atoms with van der Waals surface area (Å²) in [6, 6.07) is 6.47. The van der Waals surface area contributed by atoms with Crippen LogP contribution in [0.2, 0.25) is 0 Å². The lowest BCUT2D eigenvalue weighted by molar-refractivity contribution is -0.279. The zero-order chi connectivity index (χ0) is 34.1. The first-order chi connectivity index (χ1) is 20.7. The molecule has 0 saturated heterocycles. The summed E-state index contributed by atoms with van der Waals surface area (Å²) in [6.45, 7) is 11.8. The van der Waals surface area contributed by atoms with Crippen LogP contribution >= 0.6 is 0 Å². The maximum Gasteiger partial charge on any atom is 0.432 e. The molecular formula is C35H53F3O7. The van der Waals surface area contributed by atoms with E-state index in [1.165, 1.54) is 25.1 Å². The molecule has 2 N–H and O–H groups in total. The minimum atomic E-state index is -5.18. The Morgan fingerprint density at radius 2 is 1.67 bits per heavy atom. The highest BCUT2D eigenvalue weighted by Crippen LogP contribution is 2.63. The van der Waals surface area contributed by atoms with Crippen molar-refractivity contribution >= 4 is 11.9 Å². The van der Waals surface area contributed by atoms with Gasteiger partial charge in [0.2, 0.25) is 0 Å². The van der Waals surface area contributed by atoms with Gasteiger partial charge in [-0.1, -0.05) is 64.4 Å². The highest BCUT2D eigenvalue weighted by Gasteiger charge is 2.65. The number of hydrogen-bond acceptors (Lipinski definition) is 7. The number of hydrogen-bond donors (Lipinski definition) is 2. The van der Waals surface area contributed by atoms with E-state index in [9.17, 15) is 33.0 Å². The fraction of sp³-hybridized carbons (Fsp3) is 0.771. The zero-order valence-electron chi connectivity index (χ0n) is 28.1. The first-order valence-corrected chi connectivity index (χ1v) is 16.1. The third-order valence-corrected chi connectivity index (χ3v) is 11.6. The predicted molar refractivity (Wildman–Crippen MR) is 164 cm³/mol. The molecule has 256 valence electrons. The van der Waals surface area contributed by atoms with E-state index < -0.39 is 57.9 Å². The Morgan fingerprint density at radius 1 is 1.04 bits per heavy atom. The lowest BCUT2D eigenvalue weighted by atomic mass is 9.45. The normalized spacial score (nSPS) is 30.6. The molecular weight excluding hydrogens is 589 g/mol. The van der Waals surface area contributed by atoms with Crippen molar-refractivity contribution in [2.45, 2.75) is 128 Å². The van der Waals surface area contributed by atoms with Crippen LogP contribution in [0, 0.1) is 28.6 Å². The number of rotatable bonds is 12. The predicted octanol–water partition coefficient (Wildman–Crippen LogP) is 7.12. The van der Waals surface area contributed by atoms with Crippen LogP contribution < -0.4 is 0 Å². The van der Waals surface area contributed by atoms with E-state index in [4.69, 9.17) is 14.2 Å². The molecule has 2 fully saturated rings. The molecule has 45 heavy (non-hydrogen) atoms. The number of aliphatic hydroxyl groups is 2. The Hall–Kier alpha value is -2.17. The molecule has 3 rings (SSSR count). The van der Waals surface area contributed by atoms with Crippen LogP contribution in [-0.2, 0) is 29.4 Å². The fourth-order valence-corrected chi connectivity index (χ4v) is 8.21. The van der Waals surface area contributed by atoms with Gasteiger partial charge in [0.05, 0.1) is 24.2 Å². The third-order valence-electron chi connectivity index (χ3n) is 11.6. The van der Waals surface area contributed by atoms with Crippen molar-refractivity contribution in [2.24, 2.45) is 28.6 Å². The summed E-state index contributed by atoms with van der Waals surface area (Å²) in [5, 5.41) is 23.8. The Kier molecular flexibility index (Phi) is 11.2. The monoisotopic (exact) mass is 642 g/mol. The Morgan fingerprint density at radius 3 is 2.22 bits per heavy atom. The van der Waals surface area contributed by atoms with Crippen LogP contribution in [0.1, 0.15) is 105 Å². The van der Waals surface area contributed by atoms with E-state index in [0.717, 1.165) is 52.0 Å². The van der Waals surface area contributed by atoms with E-state index in [0.29, 0.717) is 19.3 Å². The second kappa shape index (κ2) is 13.5. The lowest BCUT2D eigenvalue weighted by Gasteiger charge is -2.63. The summed E-state index contributed by atoms with van der Waals surface area (Å²) in [5.74, 6) is -3.22. The number of benzene rings is 1. The first-order valence-electron chi connectivity index (χ1n) is 16.1. The summed E-state index contributed by atoms with van der Waals surface area (Å²) < 4.78 is 58.7. The van der Waals surface area contributed by atoms with Gasteiger partial charge in [0, 0.05) is 12.7 Å². The standard InChI is InChI=1S/C35H53F3O7/c1-23-15-16-27-30(3,4)18-12-19-33(27,42)32(23,6)22-21-31(5,41)20-17-26(24(2)28(39)43-7)45-29(40)34(44-8,35(36,37)38)25-13-10-9-11-14-25/h9-11,13-14,23-24,26-27,41-42H,12,15-22H2,1-8H3/t23-,24+,26+,27+,31+,32-,33+,34-/m1/s1. The van der Waals surface area contributed by atoms with Gasteiger partial charge >= 0.3 is 18.1 Å². The largest absolute Gasteiger partial charge is 0.469 e. The van der Waals surface area contributed by atoms with Gasteiger partial charge in [-0.05, 0) is 87.9 Å². The van der Waals surface area contributed by atoms with Crippen molar-refractivity contribution in [3.8, 4) is 0 Å². The summed E-state index contributed by atoms with van der Waals surface area (Å²) in [7, 11) is 1.92. The average Bonchev–Trinajstić information content (AvgIpc) is 2.96. The molecule has 0 heterocycles. The Balaban J connectivity index is 1.83. The molecule has 1 aromatic rings. The van der Waals surface area contributed by atoms with Crippen molar-refractivity contribution in [1.82, 2.24) is 0 Å². The molecule has 2 saturated carbocycles. The average molecular weight is 643 g/mol. The van der Waals surface area contributed by atoms with E-state index in [1.807, 2.05) is 0 Å². The van der Waals surface area contributed by atoms with Crippen LogP contribution in [0.25, 0.3) is 0 Å². The number of methoxy groups -OCH3 is 2. The SMILES string of the molecule is COC(=O)[C@@H](C)[C@H](CC[C@](C)(O)CC[C@]1(C)[C@H](C)CC[C@H]2C(C)(C)CCC[C@]21O)OC(=O)[C@](OC)(c1ccccc1)C(F)(F)F. The van der Waals surface area contributed by atoms with Gasteiger partial charge in [0.25, 0.3) is 5.60 Å². The molecule has 0 aromatic heterocycles. The minimum Gasteiger partial charge on any atom is -0.469 e. The second-order valence-corrected chi connectivity index (χ2v) is 14.8. The van der Waals surface area contributed by atoms with E-state index in [1.54, 1.807) is 6.92 Å². The first kappa shape index (κ1) is 37.3. The summed E-state index contributed by atoms with van der Waals surface area (Å²) in [4.78, 5) is 25.9. The van der Waals surface area contributed by atoms with Crippen molar-refractivity contribution in [3.05, 3.63) is 35.9 Å². The highest BCUT2D eigenvalue weighted by molar-refractivity contribution is 5.83. The van der Waals surface area contributed by atoms with Crippen LogP contribution in [-0.4, -0.2) is 59.9 Å². The molecule has 7 nitrogen and oxygen atoms in total. The third kappa shape index (κ3) is 7.08. The summed E-state index contributed by atoms with van der Waals surface area (Å²) in [5.41, 5.74) is -6.53. The minimum absolute atomic E-state index is 0.00558. The smallest absolute Gasteiger partial charge is 0.432 e. The molecule has 0 bridgehead atoms. The van der Waals surface area contributed by atoms with Crippen molar-refractivity contribution in [1.29, 1.82) is 0 Å². The Labute approximate surface area is 266 Å². The molecule has 0 aliphatic heterocycles. The van der Waals surface area contributed by atoms with Crippen LogP contribution in [0.5, 0.6) is 0 Å². The number of alkyl halides is 3. The second-order valence-electron chi connectivity index (χ2n) is 14.8. The van der Waals surface area contributed by atoms with Crippen LogP contribution in [0.15, 0.2) is 30.3 Å². The van der Waals surface area contributed by atoms with Gasteiger partial charge in [0.15, 0.2) is 0 Å². The number of carbonyl (C=O) groups is 2. The molecule has 0 amide bonds. The number of carbonyl (C=O) groups excluding carboxylic acids is 2. The molecule has 0 unspecified atom stereocenters. The van der Waals surface area contributed by atoms with Gasteiger partial charge in [-0.3, -0.25) is 4.79 Å². The molecule has 2 aliphatic carbocycles. The fourth-order valence-electron chi connectivity index (χ4n) is 8.21. The maximum atomic E-state index is 14.5. The van der Waals surface area contributed by atoms with Crippen molar-refractivity contribution < 1.29 is 47.2 Å². The quantitative estimate of drug-likeness (QED) is 0.234. The molecule has 8 atom stereocenters.